The van der Waals surface area contributed by atoms with Crippen molar-refractivity contribution in [3.63, 3.8) is 0 Å². The first-order valence-electron chi connectivity index (χ1n) is 11.6. The second-order valence-electron chi connectivity index (χ2n) is 9.08. The number of benzene rings is 2. The number of nitrogens with zero attached hydrogens (tertiary/aromatic N) is 4. The van der Waals surface area contributed by atoms with E-state index < -0.39 is 21.6 Å². The zero-order valence-electron chi connectivity index (χ0n) is 20.2. The van der Waals surface area contributed by atoms with Crippen molar-refractivity contribution in [2.75, 3.05) is 30.4 Å². The predicted octanol–water partition coefficient (Wildman–Crippen LogP) is 4.82. The van der Waals surface area contributed by atoms with Gasteiger partial charge < -0.3 is 9.80 Å². The fourth-order valence-electron chi connectivity index (χ4n) is 4.48. The molecule has 1 aliphatic rings. The first kappa shape index (κ1) is 26.0. The van der Waals surface area contributed by atoms with Crippen molar-refractivity contribution in [2.24, 2.45) is 0 Å². The van der Waals surface area contributed by atoms with Gasteiger partial charge in [-0.15, -0.1) is 0 Å². The van der Waals surface area contributed by atoms with Gasteiger partial charge in [0.05, 0.1) is 12.2 Å². The van der Waals surface area contributed by atoms with E-state index in [1.165, 1.54) is 0 Å². The summed E-state index contributed by atoms with van der Waals surface area (Å²) in [4.78, 5) is 8.46. The van der Waals surface area contributed by atoms with E-state index in [1.807, 2.05) is 78.5 Å². The molecular weight excluding hydrogens is 489 g/mol. The number of rotatable bonds is 7. The molecule has 0 amide bonds. The number of para-hydroxylation sites is 1. The third kappa shape index (κ3) is 5.65. The molecular formula is C26H29F3N4O2S. The lowest BCUT2D eigenvalue weighted by molar-refractivity contribution is -0.0492. The Morgan fingerprint density at radius 2 is 1.72 bits per heavy atom. The highest BCUT2D eigenvalue weighted by molar-refractivity contribution is 7.89. The summed E-state index contributed by atoms with van der Waals surface area (Å²) in [5.41, 5.74) is -1.40. The van der Waals surface area contributed by atoms with Crippen LogP contribution in [-0.2, 0) is 29.5 Å². The third-order valence-electron chi connectivity index (χ3n) is 6.39. The Balaban J connectivity index is 1.76. The normalized spacial score (nSPS) is 16.9. The van der Waals surface area contributed by atoms with E-state index in [0.717, 1.165) is 16.9 Å². The van der Waals surface area contributed by atoms with Gasteiger partial charge in [-0.2, -0.15) is 17.5 Å². The van der Waals surface area contributed by atoms with Crippen LogP contribution < -0.4 is 9.80 Å². The Hall–Kier alpha value is -3.11. The van der Waals surface area contributed by atoms with Crippen LogP contribution in [0.5, 0.6) is 0 Å². The summed E-state index contributed by atoms with van der Waals surface area (Å²) in [7, 11) is -1.67. The molecule has 0 spiro atoms. The molecule has 6 nitrogen and oxygen atoms in total. The second-order valence-corrected chi connectivity index (χ2v) is 11.0. The Bertz CT molecular complexity index is 1280. The van der Waals surface area contributed by atoms with Crippen LogP contribution in [0.3, 0.4) is 0 Å². The second kappa shape index (κ2) is 10.5. The van der Waals surface area contributed by atoms with Crippen LogP contribution >= 0.6 is 0 Å². The summed E-state index contributed by atoms with van der Waals surface area (Å²) < 4.78 is 66.5. The SMILES string of the molecule is CN(C)c1ccnc(CN2c3ccccc3CN(S(=O)(=O)C(F)(F)F)C[C@@H]2CCc2ccccc2)c1. The molecule has 2 aromatic carbocycles. The van der Waals surface area contributed by atoms with Crippen LogP contribution in [0.2, 0.25) is 0 Å². The summed E-state index contributed by atoms with van der Waals surface area (Å²) in [5.74, 6) is 0. The van der Waals surface area contributed by atoms with Crippen molar-refractivity contribution in [3.05, 3.63) is 89.7 Å². The van der Waals surface area contributed by atoms with Crippen molar-refractivity contribution < 1.29 is 21.6 Å². The molecule has 10 heteroatoms. The lowest BCUT2D eigenvalue weighted by Gasteiger charge is -2.34. The molecule has 0 fully saturated rings. The van der Waals surface area contributed by atoms with Gasteiger partial charge in [-0.25, -0.2) is 8.42 Å². The zero-order valence-corrected chi connectivity index (χ0v) is 21.0. The lowest BCUT2D eigenvalue weighted by atomic mass is 10.0. The number of alkyl halides is 3. The van der Waals surface area contributed by atoms with Crippen LogP contribution in [0.25, 0.3) is 0 Å². The Morgan fingerprint density at radius 1 is 1.03 bits per heavy atom. The van der Waals surface area contributed by atoms with E-state index >= 15 is 0 Å². The molecule has 0 unspecified atom stereocenters. The molecule has 0 N–H and O–H groups in total. The van der Waals surface area contributed by atoms with Gasteiger partial charge in [-0.3, -0.25) is 4.98 Å². The van der Waals surface area contributed by atoms with Gasteiger partial charge >= 0.3 is 15.5 Å². The highest BCUT2D eigenvalue weighted by atomic mass is 32.2. The minimum absolute atomic E-state index is 0.281. The Kier molecular flexibility index (Phi) is 7.56. The molecule has 3 aromatic rings. The monoisotopic (exact) mass is 518 g/mol. The third-order valence-corrected chi connectivity index (χ3v) is 7.94. The van der Waals surface area contributed by atoms with Crippen LogP contribution in [0, 0.1) is 0 Å². The topological polar surface area (TPSA) is 56.8 Å². The van der Waals surface area contributed by atoms with E-state index in [-0.39, 0.29) is 13.1 Å². The van der Waals surface area contributed by atoms with E-state index in [4.69, 9.17) is 0 Å². The van der Waals surface area contributed by atoms with Gasteiger partial charge in [0.15, 0.2) is 0 Å². The van der Waals surface area contributed by atoms with Crippen molar-refractivity contribution in [1.82, 2.24) is 9.29 Å². The van der Waals surface area contributed by atoms with Crippen molar-refractivity contribution in [2.45, 2.75) is 37.5 Å². The average Bonchev–Trinajstić information content (AvgIpc) is 3.00. The van der Waals surface area contributed by atoms with Gasteiger partial charge in [0, 0.05) is 50.8 Å². The maximum Gasteiger partial charge on any atom is 0.511 e. The Morgan fingerprint density at radius 3 is 2.42 bits per heavy atom. The summed E-state index contributed by atoms with van der Waals surface area (Å²) in [6.45, 7) is -0.295. The highest BCUT2D eigenvalue weighted by Gasteiger charge is 2.51. The van der Waals surface area contributed by atoms with Gasteiger partial charge in [0.25, 0.3) is 0 Å². The largest absolute Gasteiger partial charge is 0.511 e. The van der Waals surface area contributed by atoms with Crippen LogP contribution in [-0.4, -0.2) is 49.9 Å². The first-order chi connectivity index (χ1) is 17.1. The molecule has 0 saturated heterocycles. The number of aromatic nitrogens is 1. The lowest BCUT2D eigenvalue weighted by Crippen LogP contribution is -2.47. The molecule has 4 rings (SSSR count). The zero-order chi connectivity index (χ0) is 25.9. The summed E-state index contributed by atoms with van der Waals surface area (Å²) in [6, 6.07) is 20.0. The molecule has 0 saturated carbocycles. The number of aryl methyl sites for hydroxylation is 1. The molecule has 2 heterocycles. The fraction of sp³-hybridized carbons (Fsp3) is 0.346. The summed E-state index contributed by atoms with van der Waals surface area (Å²) >= 11 is 0. The van der Waals surface area contributed by atoms with E-state index in [0.29, 0.717) is 34.9 Å². The molecule has 0 radical (unpaired) electrons. The van der Waals surface area contributed by atoms with Gasteiger partial charge in [-0.1, -0.05) is 48.5 Å². The summed E-state index contributed by atoms with van der Waals surface area (Å²) in [6.07, 6.45) is 2.76. The maximum atomic E-state index is 13.6. The number of pyridine rings is 1. The predicted molar refractivity (Wildman–Crippen MR) is 135 cm³/mol. The van der Waals surface area contributed by atoms with Crippen LogP contribution in [0.4, 0.5) is 24.5 Å². The van der Waals surface area contributed by atoms with E-state index in [9.17, 15) is 21.6 Å². The number of hydrogen-bond acceptors (Lipinski definition) is 5. The van der Waals surface area contributed by atoms with E-state index in [1.54, 1.807) is 18.3 Å². The van der Waals surface area contributed by atoms with Crippen molar-refractivity contribution >= 4 is 21.4 Å². The molecule has 1 aliphatic heterocycles. The molecule has 36 heavy (non-hydrogen) atoms. The highest BCUT2D eigenvalue weighted by Crippen LogP contribution is 2.35. The molecule has 192 valence electrons. The minimum Gasteiger partial charge on any atom is -0.378 e. The first-order valence-corrected chi connectivity index (χ1v) is 13.1. The van der Waals surface area contributed by atoms with Crippen LogP contribution in [0.15, 0.2) is 72.9 Å². The minimum atomic E-state index is -5.51. The number of anilines is 2. The van der Waals surface area contributed by atoms with Crippen molar-refractivity contribution in [1.29, 1.82) is 0 Å². The van der Waals surface area contributed by atoms with Crippen LogP contribution in [0.1, 0.15) is 23.2 Å². The van der Waals surface area contributed by atoms with E-state index in [2.05, 4.69) is 4.98 Å². The number of hydrogen-bond donors (Lipinski definition) is 0. The molecule has 0 bridgehead atoms. The fourth-order valence-corrected chi connectivity index (χ4v) is 5.45. The van der Waals surface area contributed by atoms with Gasteiger partial charge in [-0.05, 0) is 42.2 Å². The van der Waals surface area contributed by atoms with Crippen molar-refractivity contribution in [3.8, 4) is 0 Å². The summed E-state index contributed by atoms with van der Waals surface area (Å²) in [5, 5.41) is 0. The number of sulfonamides is 1. The molecule has 1 aromatic heterocycles. The molecule has 1 atom stereocenters. The smallest absolute Gasteiger partial charge is 0.378 e. The maximum absolute atomic E-state index is 13.6. The quantitative estimate of drug-likeness (QED) is 0.449. The molecule has 0 aliphatic carbocycles. The Labute approximate surface area is 210 Å². The van der Waals surface area contributed by atoms with Gasteiger partial charge in [0.2, 0.25) is 0 Å². The number of halogens is 3. The number of fused-ring (bicyclic) bond motifs is 1. The van der Waals surface area contributed by atoms with Gasteiger partial charge in [0.1, 0.15) is 0 Å². The standard InChI is InChI=1S/C26H29F3N4O2S/c1-31(2)23-14-15-30-22(16-23)18-33-24(13-12-20-8-4-3-5-9-20)19-32(36(34,35)26(27,28)29)17-21-10-6-7-11-25(21)33/h3-11,14-16,24H,12-13,17-19H2,1-2H3/t24-/m0/s1. The average molecular weight is 519 g/mol.